The molecule has 6 amide bonds. The van der Waals surface area contributed by atoms with Crippen LogP contribution in [0.5, 0.6) is 0 Å². The number of nitrogens with zero attached hydrogens (tertiary/aromatic N) is 1. The van der Waals surface area contributed by atoms with E-state index in [4.69, 9.17) is 4.74 Å². The number of carbonyl (C=O) groups excluding carboxylic acids is 7. The highest BCUT2D eigenvalue weighted by Gasteiger charge is 2.22. The maximum absolute atomic E-state index is 11.7. The van der Waals surface area contributed by atoms with Crippen molar-refractivity contribution in [1.82, 2.24) is 26.2 Å². The minimum atomic E-state index is -0.624. The Morgan fingerprint density at radius 2 is 1.24 bits per heavy atom. The summed E-state index contributed by atoms with van der Waals surface area (Å²) in [4.78, 5) is 82.2. The Morgan fingerprint density at radius 1 is 0.765 bits per heavy atom. The number of esters is 1. The number of amides is 6. The SMILES string of the molecule is CC(C)(C)OC(=O)CCCC(=O)NCC(=O)NCC(=O)NCC(=O)NCCN1C(=O)C=CC1=O. The molecular formula is C21H31N5O8. The smallest absolute Gasteiger partial charge is 0.306 e. The predicted molar refractivity (Wildman–Crippen MR) is 118 cm³/mol. The summed E-state index contributed by atoms with van der Waals surface area (Å²) < 4.78 is 5.13. The average molecular weight is 482 g/mol. The van der Waals surface area contributed by atoms with Gasteiger partial charge in [0, 0.05) is 38.1 Å². The van der Waals surface area contributed by atoms with Crippen molar-refractivity contribution in [2.24, 2.45) is 0 Å². The van der Waals surface area contributed by atoms with Crippen molar-refractivity contribution in [1.29, 1.82) is 0 Å². The fraction of sp³-hybridized carbons (Fsp3) is 0.571. The van der Waals surface area contributed by atoms with Crippen LogP contribution in [-0.2, 0) is 38.3 Å². The summed E-state index contributed by atoms with van der Waals surface area (Å²) in [5.41, 5.74) is -0.595. The number of nitrogens with one attached hydrogen (secondary N) is 4. The van der Waals surface area contributed by atoms with Crippen molar-refractivity contribution in [3.8, 4) is 0 Å². The fourth-order valence-corrected chi connectivity index (χ4v) is 2.56. The zero-order chi connectivity index (χ0) is 25.7. The fourth-order valence-electron chi connectivity index (χ4n) is 2.56. The molecule has 0 saturated carbocycles. The van der Waals surface area contributed by atoms with Gasteiger partial charge in [-0.3, -0.25) is 38.5 Å². The first-order valence-corrected chi connectivity index (χ1v) is 10.7. The van der Waals surface area contributed by atoms with E-state index in [9.17, 15) is 33.6 Å². The second kappa shape index (κ2) is 13.7. The largest absolute Gasteiger partial charge is 0.460 e. The summed E-state index contributed by atoms with van der Waals surface area (Å²) in [5.74, 6) is -3.51. The Labute approximate surface area is 197 Å². The molecule has 4 N–H and O–H groups in total. The van der Waals surface area contributed by atoms with Crippen LogP contribution in [0, 0.1) is 0 Å². The first kappa shape index (κ1) is 28.3. The molecule has 0 aromatic rings. The van der Waals surface area contributed by atoms with Gasteiger partial charge in [-0.15, -0.1) is 0 Å². The molecule has 0 aromatic carbocycles. The quantitative estimate of drug-likeness (QED) is 0.170. The van der Waals surface area contributed by atoms with Crippen molar-refractivity contribution in [2.45, 2.75) is 45.6 Å². The second-order valence-corrected chi connectivity index (χ2v) is 8.28. The number of imide groups is 1. The number of rotatable bonds is 13. The van der Waals surface area contributed by atoms with Crippen LogP contribution in [0.25, 0.3) is 0 Å². The lowest BCUT2D eigenvalue weighted by Gasteiger charge is -2.19. The summed E-state index contributed by atoms with van der Waals surface area (Å²) >= 11 is 0. The van der Waals surface area contributed by atoms with Crippen LogP contribution in [-0.4, -0.2) is 84.6 Å². The van der Waals surface area contributed by atoms with Gasteiger partial charge in [0.05, 0.1) is 19.6 Å². The summed E-state index contributed by atoms with van der Waals surface area (Å²) in [6.45, 7) is 4.17. The molecule has 1 aliphatic heterocycles. The van der Waals surface area contributed by atoms with Crippen LogP contribution in [0.3, 0.4) is 0 Å². The summed E-state index contributed by atoms with van der Waals surface area (Å²) in [6, 6.07) is 0. The van der Waals surface area contributed by atoms with E-state index in [0.717, 1.165) is 17.1 Å². The van der Waals surface area contributed by atoms with Crippen molar-refractivity contribution in [3.05, 3.63) is 12.2 Å². The Bertz CT molecular complexity index is 829. The van der Waals surface area contributed by atoms with Crippen LogP contribution in [0.1, 0.15) is 40.0 Å². The summed E-state index contributed by atoms with van der Waals surface area (Å²) in [6.07, 6.45) is 2.66. The number of hydrogen-bond acceptors (Lipinski definition) is 8. The second-order valence-electron chi connectivity index (χ2n) is 8.28. The molecule has 1 heterocycles. The maximum atomic E-state index is 11.7. The summed E-state index contributed by atoms with van der Waals surface area (Å²) in [7, 11) is 0. The molecule has 0 spiro atoms. The molecule has 0 fully saturated rings. The highest BCUT2D eigenvalue weighted by Crippen LogP contribution is 2.09. The minimum Gasteiger partial charge on any atom is -0.460 e. The molecule has 0 radical (unpaired) electrons. The van der Waals surface area contributed by atoms with E-state index in [1.807, 2.05) is 0 Å². The third-order valence-corrected chi connectivity index (χ3v) is 4.10. The van der Waals surface area contributed by atoms with Gasteiger partial charge in [-0.25, -0.2) is 0 Å². The molecule has 0 saturated heterocycles. The highest BCUT2D eigenvalue weighted by molar-refractivity contribution is 6.12. The lowest BCUT2D eigenvalue weighted by Crippen LogP contribution is -2.45. The van der Waals surface area contributed by atoms with E-state index in [-0.39, 0.29) is 45.4 Å². The van der Waals surface area contributed by atoms with Crippen LogP contribution in [0.2, 0.25) is 0 Å². The van der Waals surface area contributed by atoms with Crippen molar-refractivity contribution < 1.29 is 38.3 Å². The van der Waals surface area contributed by atoms with Crippen LogP contribution in [0.4, 0.5) is 0 Å². The van der Waals surface area contributed by atoms with Gasteiger partial charge < -0.3 is 26.0 Å². The van der Waals surface area contributed by atoms with E-state index in [2.05, 4.69) is 21.3 Å². The van der Waals surface area contributed by atoms with Gasteiger partial charge in [0.25, 0.3) is 11.8 Å². The number of carbonyl (C=O) groups is 7. The van der Waals surface area contributed by atoms with Gasteiger partial charge in [0.1, 0.15) is 5.60 Å². The molecule has 0 atom stereocenters. The van der Waals surface area contributed by atoms with E-state index >= 15 is 0 Å². The molecule has 0 bridgehead atoms. The van der Waals surface area contributed by atoms with Crippen LogP contribution in [0.15, 0.2) is 12.2 Å². The van der Waals surface area contributed by atoms with Gasteiger partial charge >= 0.3 is 5.97 Å². The van der Waals surface area contributed by atoms with Crippen molar-refractivity contribution >= 4 is 41.4 Å². The van der Waals surface area contributed by atoms with E-state index in [0.29, 0.717) is 0 Å². The maximum Gasteiger partial charge on any atom is 0.306 e. The first-order valence-electron chi connectivity index (χ1n) is 10.7. The zero-order valence-electron chi connectivity index (χ0n) is 19.5. The minimum absolute atomic E-state index is 0.00708. The Morgan fingerprint density at radius 3 is 1.74 bits per heavy atom. The molecule has 0 aromatic heterocycles. The third-order valence-electron chi connectivity index (χ3n) is 4.10. The predicted octanol–water partition coefficient (Wildman–Crippen LogP) is -2.11. The van der Waals surface area contributed by atoms with E-state index in [1.165, 1.54) is 0 Å². The lowest BCUT2D eigenvalue weighted by atomic mass is 10.2. The molecule has 34 heavy (non-hydrogen) atoms. The Hall–Kier alpha value is -3.77. The van der Waals surface area contributed by atoms with Crippen molar-refractivity contribution in [2.75, 3.05) is 32.7 Å². The number of hydrogen-bond donors (Lipinski definition) is 4. The Balaban J connectivity index is 2.09. The van der Waals surface area contributed by atoms with Crippen LogP contribution < -0.4 is 21.3 Å². The molecule has 1 aliphatic rings. The lowest BCUT2D eigenvalue weighted by molar-refractivity contribution is -0.155. The standard InChI is InChI=1S/C21H31N5O8/c1-21(2,3)34-20(33)6-4-5-14(27)23-12-16(29)25-13-17(30)24-11-15(28)22-9-10-26-18(31)7-8-19(26)32/h7-8H,4-6,9-13H2,1-3H3,(H,22,28)(H,23,27)(H,24,30)(H,25,29). The first-order chi connectivity index (χ1) is 15.9. The average Bonchev–Trinajstić information content (AvgIpc) is 3.05. The third kappa shape index (κ3) is 12.3. The van der Waals surface area contributed by atoms with E-state index in [1.54, 1.807) is 20.8 Å². The molecule has 0 unspecified atom stereocenters. The molecular weight excluding hydrogens is 450 g/mol. The number of ether oxygens (including phenoxy) is 1. The molecule has 0 aliphatic carbocycles. The monoisotopic (exact) mass is 481 g/mol. The van der Waals surface area contributed by atoms with Gasteiger partial charge in [-0.05, 0) is 27.2 Å². The molecule has 13 nitrogen and oxygen atoms in total. The molecule has 188 valence electrons. The van der Waals surface area contributed by atoms with Gasteiger partial charge in [0.2, 0.25) is 23.6 Å². The Kier molecular flexibility index (Phi) is 11.4. The van der Waals surface area contributed by atoms with Gasteiger partial charge in [-0.1, -0.05) is 0 Å². The topological polar surface area (TPSA) is 180 Å². The van der Waals surface area contributed by atoms with Crippen molar-refractivity contribution in [3.63, 3.8) is 0 Å². The normalized spacial score (nSPS) is 12.9. The summed E-state index contributed by atoms with van der Waals surface area (Å²) in [5, 5.41) is 9.41. The van der Waals surface area contributed by atoms with Gasteiger partial charge in [-0.2, -0.15) is 0 Å². The zero-order valence-corrected chi connectivity index (χ0v) is 19.5. The van der Waals surface area contributed by atoms with Gasteiger partial charge in [0.15, 0.2) is 0 Å². The highest BCUT2D eigenvalue weighted by atomic mass is 16.6. The van der Waals surface area contributed by atoms with E-state index < -0.39 is 53.6 Å². The van der Waals surface area contributed by atoms with Crippen LogP contribution >= 0.6 is 0 Å². The molecule has 13 heteroatoms. The molecule has 1 rings (SSSR count).